The van der Waals surface area contributed by atoms with Gasteiger partial charge in [0.2, 0.25) is 0 Å². The van der Waals surface area contributed by atoms with Crippen LogP contribution in [0.2, 0.25) is 5.02 Å². The number of amides is 3. The molecule has 1 aliphatic heterocycles. The molecular weight excluding hydrogens is 752 g/mol. The Kier molecular flexibility index (Phi) is 13.7. The largest absolute Gasteiger partial charge is 0.394 e. The summed E-state index contributed by atoms with van der Waals surface area (Å²) in [6, 6.07) is 25.7. The molecule has 55 heavy (non-hydrogen) atoms. The fourth-order valence-corrected chi connectivity index (χ4v) is 8.48. The lowest BCUT2D eigenvalue weighted by atomic mass is 9.93. The number of aliphatic hydroxyl groups is 1. The molecule has 0 radical (unpaired) electrons. The highest BCUT2D eigenvalue weighted by molar-refractivity contribution is 8.02. The van der Waals surface area contributed by atoms with Crippen LogP contribution in [0.3, 0.4) is 0 Å². The number of hydrogen-bond acceptors (Lipinski definition) is 8. The Morgan fingerprint density at radius 3 is 2.40 bits per heavy atom. The highest BCUT2D eigenvalue weighted by Crippen LogP contribution is 2.32. The van der Waals surface area contributed by atoms with Crippen LogP contribution in [-0.4, -0.2) is 68.1 Å². The summed E-state index contributed by atoms with van der Waals surface area (Å²) in [6.45, 7) is 8.04. The van der Waals surface area contributed by atoms with Crippen molar-refractivity contribution in [3.8, 4) is 5.69 Å². The van der Waals surface area contributed by atoms with Gasteiger partial charge in [-0.15, -0.1) is 11.3 Å². The van der Waals surface area contributed by atoms with E-state index < -0.39 is 6.04 Å². The number of benzene rings is 3. The fourth-order valence-electron chi connectivity index (χ4n) is 6.58. The van der Waals surface area contributed by atoms with E-state index in [1.54, 1.807) is 51.3 Å². The molecule has 0 saturated carbocycles. The quantitative estimate of drug-likeness (QED) is 0.0857. The molecule has 1 unspecified atom stereocenters. The second-order valence-electron chi connectivity index (χ2n) is 13.7. The van der Waals surface area contributed by atoms with Gasteiger partial charge < -0.3 is 24.9 Å². The number of carbonyl (C=O) groups excluding carboxylic acids is 3. The molecule has 3 amide bonds. The molecular formula is C42H47ClN6O4S2. The zero-order chi connectivity index (χ0) is 38.9. The molecule has 13 heteroatoms. The first-order chi connectivity index (χ1) is 26.7. The Balaban J connectivity index is 1.25. The van der Waals surface area contributed by atoms with Crippen molar-refractivity contribution in [2.75, 3.05) is 24.4 Å². The minimum absolute atomic E-state index is 0.112. The number of anilines is 1. The maximum absolute atomic E-state index is 14.7. The van der Waals surface area contributed by atoms with Gasteiger partial charge in [0.1, 0.15) is 0 Å². The van der Waals surface area contributed by atoms with Gasteiger partial charge in [0.05, 0.1) is 34.7 Å². The van der Waals surface area contributed by atoms with Crippen LogP contribution in [0.5, 0.6) is 0 Å². The van der Waals surface area contributed by atoms with Gasteiger partial charge in [-0.05, 0) is 110 Å². The molecule has 0 saturated heterocycles. The average molecular weight is 799 g/mol. The Hall–Kier alpha value is -4.62. The number of nitrogens with zero attached hydrogens (tertiary/aromatic N) is 4. The number of fused-ring (bicyclic) bond motifs is 1. The molecule has 1 atom stereocenters. The second kappa shape index (κ2) is 18.8. The van der Waals surface area contributed by atoms with Crippen molar-refractivity contribution in [2.45, 2.75) is 76.2 Å². The number of aryl methyl sites for hydroxylation is 1. The van der Waals surface area contributed by atoms with E-state index in [0.29, 0.717) is 65.8 Å². The molecule has 3 N–H and O–H groups in total. The molecule has 0 spiro atoms. The molecule has 0 fully saturated rings. The molecule has 0 bridgehead atoms. The first-order valence-electron chi connectivity index (χ1n) is 18.7. The normalized spacial score (nSPS) is 13.7. The fraction of sp³-hybridized carbons (Fsp3) is 0.333. The van der Waals surface area contributed by atoms with E-state index in [2.05, 4.69) is 23.9 Å². The van der Waals surface area contributed by atoms with Crippen molar-refractivity contribution in [3.63, 3.8) is 0 Å². The van der Waals surface area contributed by atoms with Gasteiger partial charge in [-0.25, -0.2) is 4.68 Å². The minimum atomic E-state index is -0.396. The van der Waals surface area contributed by atoms with Gasteiger partial charge in [0, 0.05) is 46.5 Å². The number of hydrogen-bond donors (Lipinski definition) is 3. The molecule has 288 valence electrons. The van der Waals surface area contributed by atoms with Crippen LogP contribution in [0.25, 0.3) is 5.69 Å². The Morgan fingerprint density at radius 2 is 1.69 bits per heavy atom. The van der Waals surface area contributed by atoms with E-state index in [-0.39, 0.29) is 24.3 Å². The van der Waals surface area contributed by atoms with E-state index in [4.69, 9.17) is 16.7 Å². The lowest BCUT2D eigenvalue weighted by molar-refractivity contribution is 0.0544. The summed E-state index contributed by atoms with van der Waals surface area (Å²) in [7, 11) is 0. The lowest BCUT2D eigenvalue weighted by Crippen LogP contribution is -2.46. The molecule has 1 aliphatic rings. The summed E-state index contributed by atoms with van der Waals surface area (Å²) >= 11 is 8.92. The van der Waals surface area contributed by atoms with Gasteiger partial charge in [-0.3, -0.25) is 14.4 Å². The third kappa shape index (κ3) is 9.80. The highest BCUT2D eigenvalue weighted by Gasteiger charge is 2.32. The van der Waals surface area contributed by atoms with Gasteiger partial charge in [-0.1, -0.05) is 62.6 Å². The number of aromatic nitrogens is 2. The highest BCUT2D eigenvalue weighted by atomic mass is 35.5. The van der Waals surface area contributed by atoms with E-state index >= 15 is 0 Å². The van der Waals surface area contributed by atoms with Crippen LogP contribution in [0, 0.1) is 6.92 Å². The third-order valence-corrected chi connectivity index (χ3v) is 12.0. The summed E-state index contributed by atoms with van der Waals surface area (Å²) in [5, 5.41) is 18.8. The summed E-state index contributed by atoms with van der Waals surface area (Å²) in [4.78, 5) is 45.6. The molecule has 3 aromatic carbocycles. The van der Waals surface area contributed by atoms with Crippen LogP contribution >= 0.6 is 34.9 Å². The number of nitrogens with one attached hydrogen (secondary N) is 2. The molecule has 3 heterocycles. The zero-order valence-corrected chi connectivity index (χ0v) is 33.8. The number of unbranched alkanes of at least 4 members (excludes halogenated alkanes) is 2. The van der Waals surface area contributed by atoms with Crippen molar-refractivity contribution in [3.05, 3.63) is 128 Å². The second-order valence-corrected chi connectivity index (χ2v) is 16.4. The molecule has 0 aliphatic carbocycles. The van der Waals surface area contributed by atoms with Gasteiger partial charge in [0.25, 0.3) is 17.7 Å². The number of carbonyl (C=O) groups is 3. The predicted molar refractivity (Wildman–Crippen MR) is 221 cm³/mol. The Morgan fingerprint density at radius 1 is 0.964 bits per heavy atom. The number of aliphatic hydroxyl groups excluding tert-OH is 1. The molecule has 5 aromatic rings. The van der Waals surface area contributed by atoms with Crippen molar-refractivity contribution >= 4 is 58.3 Å². The Bertz CT molecular complexity index is 2110. The first kappa shape index (κ1) is 40.1. The maximum Gasteiger partial charge on any atom is 0.274 e. The van der Waals surface area contributed by atoms with E-state index in [0.717, 1.165) is 51.6 Å². The Labute approximate surface area is 336 Å². The van der Waals surface area contributed by atoms with Crippen LogP contribution in [0.4, 0.5) is 5.69 Å². The van der Waals surface area contributed by atoms with Crippen LogP contribution in [0.15, 0.2) is 89.1 Å². The van der Waals surface area contributed by atoms with Crippen LogP contribution in [0.1, 0.15) is 92.4 Å². The monoisotopic (exact) mass is 798 g/mol. The van der Waals surface area contributed by atoms with E-state index in [1.165, 1.54) is 11.9 Å². The van der Waals surface area contributed by atoms with Crippen LogP contribution < -0.4 is 10.0 Å². The number of halogens is 1. The number of rotatable bonds is 16. The number of thiophene rings is 1. The third-order valence-electron chi connectivity index (χ3n) is 9.68. The van der Waals surface area contributed by atoms with Gasteiger partial charge >= 0.3 is 0 Å². The predicted octanol–water partition coefficient (Wildman–Crippen LogP) is 8.55. The van der Waals surface area contributed by atoms with Gasteiger partial charge in [-0.2, -0.15) is 5.10 Å². The average Bonchev–Trinajstić information content (AvgIpc) is 3.84. The lowest BCUT2D eigenvalue weighted by Gasteiger charge is -2.36. The SMILES string of the molecule is CCCCN(CCCC)C(=O)c1cc(C)n(-c2ccc(NSc3ccc(CNC(=O)c4ccc(Cl)cc4)s3)cc2C(=O)N2Cc3ccccc3CC2CO)n1. The molecule has 6 rings (SSSR count). The summed E-state index contributed by atoms with van der Waals surface area (Å²) in [6.07, 6.45) is 4.35. The van der Waals surface area contributed by atoms with E-state index in [9.17, 15) is 19.5 Å². The van der Waals surface area contributed by atoms with Crippen molar-refractivity contribution in [1.29, 1.82) is 0 Å². The van der Waals surface area contributed by atoms with Crippen molar-refractivity contribution in [1.82, 2.24) is 24.9 Å². The standard InChI is InChI=1S/C42H47ClN6O4S2/c1-4-6-20-47(21-7-5-2)42(53)37-22-28(3)49(45-37)38-18-16-33(24-36(38)41(52)48-26-31-11-9-8-10-30(31)23-34(48)27-50)46-55-39-19-17-35(54-39)25-44-40(51)29-12-14-32(43)15-13-29/h8-19,22,24,34,46,50H,4-7,20-21,23,25-27H2,1-3H3,(H,44,51). The first-order valence-corrected chi connectivity index (χ1v) is 20.7. The molecule has 2 aromatic heterocycles. The minimum Gasteiger partial charge on any atom is -0.394 e. The maximum atomic E-state index is 14.7. The van der Waals surface area contributed by atoms with Crippen molar-refractivity contribution in [2.24, 2.45) is 0 Å². The smallest absolute Gasteiger partial charge is 0.274 e. The zero-order valence-electron chi connectivity index (χ0n) is 31.4. The summed E-state index contributed by atoms with van der Waals surface area (Å²) in [5.74, 6) is -0.522. The van der Waals surface area contributed by atoms with E-state index in [1.807, 2.05) is 66.4 Å². The van der Waals surface area contributed by atoms with Crippen LogP contribution in [-0.2, 0) is 19.5 Å². The van der Waals surface area contributed by atoms with Gasteiger partial charge in [0.15, 0.2) is 5.69 Å². The molecule has 10 nitrogen and oxygen atoms in total. The van der Waals surface area contributed by atoms with Crippen molar-refractivity contribution < 1.29 is 19.5 Å². The topological polar surface area (TPSA) is 120 Å². The summed E-state index contributed by atoms with van der Waals surface area (Å²) in [5.41, 5.74) is 5.45. The summed E-state index contributed by atoms with van der Waals surface area (Å²) < 4.78 is 6.06.